The highest BCUT2D eigenvalue weighted by molar-refractivity contribution is 5.33. The van der Waals surface area contributed by atoms with Gasteiger partial charge in [-0.25, -0.2) is 0 Å². The summed E-state index contributed by atoms with van der Waals surface area (Å²) in [7, 11) is 0. The van der Waals surface area contributed by atoms with Crippen molar-refractivity contribution in [1.29, 1.82) is 5.26 Å². The molecule has 2 aliphatic carbocycles. The maximum absolute atomic E-state index is 12.1. The molecule has 2 fully saturated rings. The van der Waals surface area contributed by atoms with E-state index >= 15 is 0 Å². The summed E-state index contributed by atoms with van der Waals surface area (Å²) in [5.41, 5.74) is 2.20. The van der Waals surface area contributed by atoms with Crippen molar-refractivity contribution in [3.8, 4) is 6.07 Å². The fraction of sp³-hybridized carbons (Fsp3) is 0.654. The first-order valence-electron chi connectivity index (χ1n) is 11.5. The lowest BCUT2D eigenvalue weighted by Gasteiger charge is -2.38. The van der Waals surface area contributed by atoms with E-state index in [0.717, 1.165) is 29.7 Å². The van der Waals surface area contributed by atoms with E-state index in [1.807, 2.05) is 12.1 Å². The molecule has 2 saturated carbocycles. The number of nitrogens with zero attached hydrogens (tertiary/aromatic N) is 1. The largest absolute Gasteiger partial charge is 0.251 e. The molecule has 1 aromatic rings. The molecular formula is C26H36FN. The lowest BCUT2D eigenvalue weighted by atomic mass is 9.68. The van der Waals surface area contributed by atoms with E-state index in [4.69, 9.17) is 5.26 Å². The summed E-state index contributed by atoms with van der Waals surface area (Å²) in [6, 6.07) is 10.5. The maximum atomic E-state index is 12.1. The number of nitriles is 1. The smallest absolute Gasteiger partial charge is 0.0991 e. The van der Waals surface area contributed by atoms with Gasteiger partial charge in [-0.3, -0.25) is 4.39 Å². The molecule has 1 aromatic carbocycles. The Balaban J connectivity index is 1.34. The second kappa shape index (κ2) is 11.4. The van der Waals surface area contributed by atoms with Crippen LogP contribution in [-0.2, 0) is 0 Å². The summed E-state index contributed by atoms with van der Waals surface area (Å²) >= 11 is 0. The minimum Gasteiger partial charge on any atom is -0.251 e. The average Bonchev–Trinajstić information content (AvgIpc) is 2.77. The monoisotopic (exact) mass is 381 g/mol. The Morgan fingerprint density at radius 2 is 1.46 bits per heavy atom. The summed E-state index contributed by atoms with van der Waals surface area (Å²) in [6.45, 7) is -0.191. The van der Waals surface area contributed by atoms with Crippen LogP contribution in [-0.4, -0.2) is 6.67 Å². The van der Waals surface area contributed by atoms with Gasteiger partial charge in [0.15, 0.2) is 0 Å². The highest BCUT2D eigenvalue weighted by atomic mass is 19.1. The van der Waals surface area contributed by atoms with Crippen molar-refractivity contribution in [1.82, 2.24) is 0 Å². The van der Waals surface area contributed by atoms with Crippen LogP contribution in [0, 0.1) is 29.1 Å². The third kappa shape index (κ3) is 6.20. The van der Waals surface area contributed by atoms with Crippen molar-refractivity contribution >= 4 is 0 Å². The van der Waals surface area contributed by atoms with Crippen molar-refractivity contribution in [2.24, 2.45) is 17.8 Å². The number of unbranched alkanes of at least 4 members (excludes halogenated alkanes) is 1. The summed E-state index contributed by atoms with van der Waals surface area (Å²) in [5, 5.41) is 8.96. The van der Waals surface area contributed by atoms with Crippen LogP contribution in [0.4, 0.5) is 4.39 Å². The molecule has 2 aliphatic rings. The lowest BCUT2D eigenvalue weighted by Crippen LogP contribution is -2.25. The Morgan fingerprint density at radius 1 is 0.857 bits per heavy atom. The summed E-state index contributed by atoms with van der Waals surface area (Å²) < 4.78 is 12.1. The first-order chi connectivity index (χ1) is 13.8. The Kier molecular flexibility index (Phi) is 8.59. The zero-order valence-corrected chi connectivity index (χ0v) is 17.3. The van der Waals surface area contributed by atoms with E-state index in [2.05, 4.69) is 30.4 Å². The van der Waals surface area contributed by atoms with Gasteiger partial charge in [-0.2, -0.15) is 5.26 Å². The standard InChI is InChI=1S/C26H36FN/c27-19-5-3-1-2-4-6-21-7-11-23(12-8-21)25-15-17-26(18-16-25)24-13-9-22(20-28)10-14-24/h1-2,9-10,13-14,21,23,25-26H,3-8,11-12,15-19H2. The zero-order chi connectivity index (χ0) is 19.6. The molecule has 152 valence electrons. The molecule has 0 radical (unpaired) electrons. The van der Waals surface area contributed by atoms with Gasteiger partial charge in [-0.15, -0.1) is 0 Å². The molecule has 0 amide bonds. The van der Waals surface area contributed by atoms with Crippen LogP contribution in [0.15, 0.2) is 36.4 Å². The van der Waals surface area contributed by atoms with E-state index in [9.17, 15) is 4.39 Å². The molecule has 3 rings (SSSR count). The molecule has 0 atom stereocenters. The van der Waals surface area contributed by atoms with Crippen molar-refractivity contribution in [3.05, 3.63) is 47.5 Å². The van der Waals surface area contributed by atoms with Crippen molar-refractivity contribution in [2.45, 2.75) is 83.0 Å². The number of alkyl halides is 1. The van der Waals surface area contributed by atoms with Gasteiger partial charge in [0.1, 0.15) is 0 Å². The first kappa shape index (κ1) is 21.1. The predicted molar refractivity (Wildman–Crippen MR) is 115 cm³/mol. The summed E-state index contributed by atoms with van der Waals surface area (Å²) in [5.74, 6) is 3.51. The average molecular weight is 382 g/mol. The molecule has 0 saturated heterocycles. The minimum atomic E-state index is -0.191. The lowest BCUT2D eigenvalue weighted by molar-refractivity contribution is 0.157. The van der Waals surface area contributed by atoms with E-state index < -0.39 is 0 Å². The van der Waals surface area contributed by atoms with Crippen molar-refractivity contribution in [3.63, 3.8) is 0 Å². The molecule has 1 nitrogen and oxygen atoms in total. The van der Waals surface area contributed by atoms with Gasteiger partial charge in [-0.1, -0.05) is 37.1 Å². The van der Waals surface area contributed by atoms with Gasteiger partial charge in [0.2, 0.25) is 0 Å². The number of allylic oxidation sites excluding steroid dienone is 2. The van der Waals surface area contributed by atoms with Gasteiger partial charge < -0.3 is 0 Å². The molecule has 0 bridgehead atoms. The molecule has 0 N–H and O–H groups in total. The molecular weight excluding hydrogens is 345 g/mol. The number of benzene rings is 1. The second-order valence-electron chi connectivity index (χ2n) is 9.01. The van der Waals surface area contributed by atoms with Gasteiger partial charge >= 0.3 is 0 Å². The fourth-order valence-corrected chi connectivity index (χ4v) is 5.46. The number of hydrogen-bond donors (Lipinski definition) is 0. The summed E-state index contributed by atoms with van der Waals surface area (Å²) in [4.78, 5) is 0. The van der Waals surface area contributed by atoms with Gasteiger partial charge in [0.25, 0.3) is 0 Å². The number of halogens is 1. The highest BCUT2D eigenvalue weighted by Crippen LogP contribution is 2.44. The highest BCUT2D eigenvalue weighted by Gasteiger charge is 2.31. The number of hydrogen-bond acceptors (Lipinski definition) is 1. The third-order valence-electron chi connectivity index (χ3n) is 7.25. The molecule has 0 aromatic heterocycles. The van der Waals surface area contributed by atoms with Crippen LogP contribution in [0.2, 0.25) is 0 Å². The van der Waals surface area contributed by atoms with Gasteiger partial charge in [-0.05, 0) is 106 Å². The van der Waals surface area contributed by atoms with Crippen LogP contribution >= 0.6 is 0 Å². The number of rotatable bonds is 8. The minimum absolute atomic E-state index is 0.191. The van der Waals surface area contributed by atoms with Gasteiger partial charge in [0.05, 0.1) is 18.3 Å². The Hall–Kier alpha value is -1.62. The predicted octanol–water partition coefficient (Wildman–Crippen LogP) is 7.72. The topological polar surface area (TPSA) is 23.8 Å². The molecule has 0 unspecified atom stereocenters. The van der Waals surface area contributed by atoms with E-state index in [1.54, 1.807) is 0 Å². The SMILES string of the molecule is N#Cc1ccc(C2CCC(C3CCC(CCC=CCCCF)CC3)CC2)cc1. The van der Waals surface area contributed by atoms with Crippen molar-refractivity contribution < 1.29 is 4.39 Å². The molecule has 0 spiro atoms. The van der Waals surface area contributed by atoms with E-state index in [1.165, 1.54) is 69.8 Å². The van der Waals surface area contributed by atoms with Crippen LogP contribution in [0.1, 0.15) is 94.1 Å². The molecule has 28 heavy (non-hydrogen) atoms. The summed E-state index contributed by atoms with van der Waals surface area (Å²) in [6.07, 6.45) is 19.6. The molecule has 0 aliphatic heterocycles. The van der Waals surface area contributed by atoms with Crippen LogP contribution < -0.4 is 0 Å². The van der Waals surface area contributed by atoms with E-state index in [-0.39, 0.29) is 6.67 Å². The fourth-order valence-electron chi connectivity index (χ4n) is 5.46. The quantitative estimate of drug-likeness (QED) is 0.334. The van der Waals surface area contributed by atoms with E-state index in [0.29, 0.717) is 12.3 Å². The Labute approximate surface area is 171 Å². The van der Waals surface area contributed by atoms with Crippen molar-refractivity contribution in [2.75, 3.05) is 6.67 Å². The molecule has 0 heterocycles. The second-order valence-corrected chi connectivity index (χ2v) is 9.01. The van der Waals surface area contributed by atoms with Crippen LogP contribution in [0.5, 0.6) is 0 Å². The Morgan fingerprint density at radius 3 is 2.07 bits per heavy atom. The van der Waals surface area contributed by atoms with Crippen LogP contribution in [0.25, 0.3) is 0 Å². The third-order valence-corrected chi connectivity index (χ3v) is 7.25. The zero-order valence-electron chi connectivity index (χ0n) is 17.3. The van der Waals surface area contributed by atoms with Crippen LogP contribution in [0.3, 0.4) is 0 Å². The van der Waals surface area contributed by atoms with Gasteiger partial charge in [0, 0.05) is 0 Å². The molecule has 2 heteroatoms. The Bertz CT molecular complexity index is 625. The maximum Gasteiger partial charge on any atom is 0.0991 e. The first-order valence-corrected chi connectivity index (χ1v) is 11.5. The normalized spacial score (nSPS) is 28.3.